The SMILES string of the molecule is CC(C)N1CC=C[C@]23S[C@]4(C)/C=C\CCCOC(=O)[C@@H]4[C@H]2C(=O)N(CCO)C3C1=O. The molecule has 2 fully saturated rings. The van der Waals surface area contributed by atoms with Gasteiger partial charge in [0, 0.05) is 23.9 Å². The molecule has 2 saturated heterocycles. The normalized spacial score (nSPS) is 39.6. The predicted molar refractivity (Wildman–Crippen MR) is 114 cm³/mol. The van der Waals surface area contributed by atoms with Gasteiger partial charge in [0.1, 0.15) is 6.04 Å². The van der Waals surface area contributed by atoms with Crippen LogP contribution < -0.4 is 0 Å². The van der Waals surface area contributed by atoms with Gasteiger partial charge in [-0.25, -0.2) is 0 Å². The van der Waals surface area contributed by atoms with Crippen molar-refractivity contribution < 1.29 is 24.2 Å². The van der Waals surface area contributed by atoms with Crippen LogP contribution in [0.2, 0.25) is 0 Å². The standard InChI is InChI=1S/C22H30N2O5S/c1-14(2)23-10-7-9-22-15(18(26)24(11-12-25)17(22)19(23)27)16-20(28)29-13-6-4-5-8-21(16,3)30-22/h5,7-9,14-17,25H,4,6,10-13H2,1-3H3/b8-5-/t15-,16-,17?,21+,22-/m0/s1. The van der Waals surface area contributed by atoms with Gasteiger partial charge in [0.2, 0.25) is 11.8 Å². The summed E-state index contributed by atoms with van der Waals surface area (Å²) in [5.74, 6) is -2.13. The molecule has 5 atom stereocenters. The molecule has 0 aromatic rings. The van der Waals surface area contributed by atoms with Crippen molar-refractivity contribution in [3.8, 4) is 0 Å². The molecule has 1 unspecified atom stereocenters. The summed E-state index contributed by atoms with van der Waals surface area (Å²) in [5.41, 5.74) is 0. The number of nitrogens with zero attached hydrogens (tertiary/aromatic N) is 2. The molecule has 2 amide bonds. The lowest BCUT2D eigenvalue weighted by atomic mass is 9.74. The summed E-state index contributed by atoms with van der Waals surface area (Å²) < 4.78 is 4.04. The van der Waals surface area contributed by atoms with Crippen LogP contribution in [0.1, 0.15) is 33.6 Å². The molecule has 7 nitrogen and oxygen atoms in total. The van der Waals surface area contributed by atoms with Gasteiger partial charge in [-0.15, -0.1) is 11.8 Å². The smallest absolute Gasteiger partial charge is 0.311 e. The minimum atomic E-state index is -0.866. The van der Waals surface area contributed by atoms with E-state index in [0.29, 0.717) is 13.2 Å². The highest BCUT2D eigenvalue weighted by molar-refractivity contribution is 8.02. The molecule has 0 saturated carbocycles. The Kier molecular flexibility index (Phi) is 5.51. The molecule has 0 aliphatic carbocycles. The first kappa shape index (κ1) is 21.4. The van der Waals surface area contributed by atoms with Crippen molar-refractivity contribution in [2.45, 2.75) is 55.2 Å². The lowest BCUT2D eigenvalue weighted by Gasteiger charge is -2.37. The van der Waals surface area contributed by atoms with E-state index < -0.39 is 27.4 Å². The molecule has 0 aromatic heterocycles. The fraction of sp³-hybridized carbons (Fsp3) is 0.682. The van der Waals surface area contributed by atoms with Crippen LogP contribution in [0.5, 0.6) is 0 Å². The van der Waals surface area contributed by atoms with E-state index in [1.54, 1.807) is 4.90 Å². The second-order valence-corrected chi connectivity index (χ2v) is 10.7. The number of rotatable bonds is 3. The third-order valence-corrected chi connectivity index (χ3v) is 8.54. The third-order valence-electron chi connectivity index (χ3n) is 6.75. The minimum absolute atomic E-state index is 0.0218. The number of esters is 1. The van der Waals surface area contributed by atoms with Crippen molar-refractivity contribution in [2.24, 2.45) is 11.8 Å². The first-order chi connectivity index (χ1) is 14.3. The molecule has 4 aliphatic heterocycles. The van der Waals surface area contributed by atoms with Gasteiger partial charge in [-0.05, 0) is 33.6 Å². The van der Waals surface area contributed by atoms with E-state index in [4.69, 9.17) is 4.74 Å². The molecular weight excluding hydrogens is 404 g/mol. The molecule has 0 aromatic carbocycles. The van der Waals surface area contributed by atoms with E-state index in [1.165, 1.54) is 16.7 Å². The highest BCUT2D eigenvalue weighted by atomic mass is 32.2. The van der Waals surface area contributed by atoms with E-state index in [0.717, 1.165) is 12.8 Å². The largest absolute Gasteiger partial charge is 0.465 e. The Bertz CT molecular complexity index is 811. The Morgan fingerprint density at radius 2 is 1.97 bits per heavy atom. The number of thioether (sulfide) groups is 1. The Morgan fingerprint density at radius 3 is 2.67 bits per heavy atom. The molecule has 4 aliphatic rings. The fourth-order valence-electron chi connectivity index (χ4n) is 5.46. The van der Waals surface area contributed by atoms with Crippen molar-refractivity contribution >= 4 is 29.5 Å². The maximum atomic E-state index is 13.7. The molecule has 0 bridgehead atoms. The van der Waals surface area contributed by atoms with Crippen LogP contribution in [0.4, 0.5) is 0 Å². The second kappa shape index (κ2) is 7.71. The molecule has 4 heterocycles. The third kappa shape index (κ3) is 3.02. The Labute approximate surface area is 181 Å². The van der Waals surface area contributed by atoms with Crippen LogP contribution in [0.15, 0.2) is 24.3 Å². The van der Waals surface area contributed by atoms with Gasteiger partial charge in [0.25, 0.3) is 0 Å². The number of β-amino-alcohol motifs (C(OH)–C–C–N with tert-alkyl or cyclic N) is 1. The number of carbonyl (C=O) groups excluding carboxylic acids is 3. The zero-order valence-electron chi connectivity index (χ0n) is 17.7. The molecule has 0 radical (unpaired) electrons. The Morgan fingerprint density at radius 1 is 1.20 bits per heavy atom. The molecule has 1 spiro atoms. The van der Waals surface area contributed by atoms with Crippen LogP contribution in [0, 0.1) is 11.8 Å². The number of fused-ring (bicyclic) bond motifs is 2. The summed E-state index contributed by atoms with van der Waals surface area (Å²) in [6.07, 6.45) is 9.59. The lowest BCUT2D eigenvalue weighted by molar-refractivity contribution is -0.154. The van der Waals surface area contributed by atoms with Crippen LogP contribution in [0.3, 0.4) is 0 Å². The van der Waals surface area contributed by atoms with Crippen molar-refractivity contribution in [1.29, 1.82) is 0 Å². The number of allylic oxidation sites excluding steroid dienone is 1. The zero-order chi connectivity index (χ0) is 21.7. The Hall–Kier alpha value is -1.80. The molecule has 8 heteroatoms. The lowest BCUT2D eigenvalue weighted by Crippen LogP contribution is -2.55. The number of ether oxygens (including phenoxy) is 1. The van der Waals surface area contributed by atoms with Gasteiger partial charge in [-0.3, -0.25) is 14.4 Å². The number of hydrogen-bond donors (Lipinski definition) is 1. The summed E-state index contributed by atoms with van der Waals surface area (Å²) in [4.78, 5) is 43.8. The molecule has 30 heavy (non-hydrogen) atoms. The predicted octanol–water partition coefficient (Wildman–Crippen LogP) is 1.37. The number of aliphatic hydroxyl groups excluding tert-OH is 1. The highest BCUT2D eigenvalue weighted by Crippen LogP contribution is 2.65. The van der Waals surface area contributed by atoms with Crippen molar-refractivity contribution in [3.05, 3.63) is 24.3 Å². The van der Waals surface area contributed by atoms with Gasteiger partial charge >= 0.3 is 5.97 Å². The van der Waals surface area contributed by atoms with Crippen molar-refractivity contribution in [1.82, 2.24) is 9.80 Å². The number of cyclic esters (lactones) is 1. The van der Waals surface area contributed by atoms with Gasteiger partial charge in [0.05, 0.1) is 29.8 Å². The van der Waals surface area contributed by atoms with E-state index >= 15 is 0 Å². The minimum Gasteiger partial charge on any atom is -0.465 e. The number of carbonyl (C=O) groups is 3. The van der Waals surface area contributed by atoms with Crippen molar-refractivity contribution in [2.75, 3.05) is 26.3 Å². The maximum Gasteiger partial charge on any atom is 0.311 e. The summed E-state index contributed by atoms with van der Waals surface area (Å²) in [6, 6.07) is -0.770. The molecule has 4 rings (SSSR count). The number of likely N-dealkylation sites (tertiary alicyclic amines) is 1. The summed E-state index contributed by atoms with van der Waals surface area (Å²) >= 11 is 1.53. The average molecular weight is 435 g/mol. The topological polar surface area (TPSA) is 87.2 Å². The van der Waals surface area contributed by atoms with Gasteiger partial charge < -0.3 is 19.6 Å². The maximum absolute atomic E-state index is 13.7. The van der Waals surface area contributed by atoms with E-state index in [1.807, 2.05) is 39.0 Å². The van der Waals surface area contributed by atoms with E-state index in [9.17, 15) is 19.5 Å². The second-order valence-electron chi connectivity index (χ2n) is 8.95. The van der Waals surface area contributed by atoms with Gasteiger partial charge in [0.15, 0.2) is 0 Å². The number of aliphatic hydroxyl groups is 1. The van der Waals surface area contributed by atoms with Crippen LogP contribution in [0.25, 0.3) is 0 Å². The van der Waals surface area contributed by atoms with E-state index in [2.05, 4.69) is 6.08 Å². The van der Waals surface area contributed by atoms with Crippen LogP contribution in [-0.2, 0) is 19.1 Å². The number of amides is 2. The quantitative estimate of drug-likeness (QED) is 0.533. The van der Waals surface area contributed by atoms with Gasteiger partial charge in [-0.2, -0.15) is 0 Å². The Balaban J connectivity index is 1.88. The monoisotopic (exact) mass is 434 g/mol. The van der Waals surface area contributed by atoms with Crippen LogP contribution in [-0.4, -0.2) is 80.6 Å². The first-order valence-corrected chi connectivity index (χ1v) is 11.5. The first-order valence-electron chi connectivity index (χ1n) is 10.7. The highest BCUT2D eigenvalue weighted by Gasteiger charge is 2.73. The van der Waals surface area contributed by atoms with Gasteiger partial charge in [-0.1, -0.05) is 24.3 Å². The summed E-state index contributed by atoms with van der Waals surface area (Å²) in [7, 11) is 0. The zero-order valence-corrected chi connectivity index (χ0v) is 18.6. The van der Waals surface area contributed by atoms with Crippen molar-refractivity contribution in [3.63, 3.8) is 0 Å². The molecular formula is C22H30N2O5S. The molecule has 164 valence electrons. The fourth-order valence-corrected chi connectivity index (χ4v) is 7.62. The van der Waals surface area contributed by atoms with E-state index in [-0.39, 0.29) is 37.0 Å². The summed E-state index contributed by atoms with van der Waals surface area (Å²) in [5, 5.41) is 9.64. The number of hydrogen-bond acceptors (Lipinski definition) is 6. The van der Waals surface area contributed by atoms with Crippen LogP contribution >= 0.6 is 11.8 Å². The summed E-state index contributed by atoms with van der Waals surface area (Å²) in [6.45, 7) is 6.51. The molecule has 1 N–H and O–H groups in total. The average Bonchev–Trinajstić information content (AvgIpc) is 3.02.